The molecule has 2 amide bonds. The second-order valence-electron chi connectivity index (χ2n) is 6.59. The summed E-state index contributed by atoms with van der Waals surface area (Å²) in [5, 5.41) is 3.23. The number of likely N-dealkylation sites (tertiary alicyclic amines) is 1. The van der Waals surface area contributed by atoms with Crippen LogP contribution in [0, 0.1) is 5.41 Å². The van der Waals surface area contributed by atoms with Crippen LogP contribution >= 0.6 is 11.6 Å². The highest BCUT2D eigenvalue weighted by Crippen LogP contribution is 2.35. The molecule has 0 aliphatic carbocycles. The number of halogens is 1. The minimum absolute atomic E-state index is 0.160. The average Bonchev–Trinajstić information content (AvgIpc) is 3.17. The van der Waals surface area contributed by atoms with Crippen molar-refractivity contribution in [3.8, 4) is 0 Å². The number of carbonyl (C=O) groups is 3. The van der Waals surface area contributed by atoms with Crippen LogP contribution in [0.3, 0.4) is 0 Å². The zero-order valence-corrected chi connectivity index (χ0v) is 15.6. The normalized spacial score (nSPS) is 15.0. The first-order chi connectivity index (χ1) is 12.9. The Bertz CT molecular complexity index is 827. The van der Waals surface area contributed by atoms with Gasteiger partial charge in [0.25, 0.3) is 5.91 Å². The molecule has 27 heavy (non-hydrogen) atoms. The van der Waals surface area contributed by atoms with Gasteiger partial charge in [-0.05, 0) is 36.2 Å². The summed E-state index contributed by atoms with van der Waals surface area (Å²) in [6.07, 6.45) is 2.11. The van der Waals surface area contributed by atoms with Crippen molar-refractivity contribution in [3.05, 3.63) is 58.9 Å². The second kappa shape index (κ2) is 7.84. The molecule has 142 valence electrons. The van der Waals surface area contributed by atoms with Crippen LogP contribution in [0.15, 0.2) is 42.6 Å². The maximum atomic E-state index is 12.8. The number of benzene rings is 1. The summed E-state index contributed by atoms with van der Waals surface area (Å²) in [6, 6.07) is 10.7. The molecule has 0 bridgehead atoms. The Labute approximate surface area is 161 Å². The summed E-state index contributed by atoms with van der Waals surface area (Å²) in [7, 11) is 1.26. The molecule has 7 nitrogen and oxygen atoms in total. The fourth-order valence-electron chi connectivity index (χ4n) is 3.20. The maximum absolute atomic E-state index is 12.8. The number of ether oxygens (including phenoxy) is 1. The smallest absolute Gasteiger partial charge is 0.325 e. The van der Waals surface area contributed by atoms with Crippen molar-refractivity contribution in [2.45, 2.75) is 6.42 Å². The van der Waals surface area contributed by atoms with Gasteiger partial charge in [-0.25, -0.2) is 0 Å². The monoisotopic (exact) mass is 389 g/mol. The van der Waals surface area contributed by atoms with E-state index in [0.717, 1.165) is 5.56 Å². The van der Waals surface area contributed by atoms with E-state index in [1.807, 2.05) is 12.1 Å². The minimum Gasteiger partial charge on any atom is -0.468 e. The summed E-state index contributed by atoms with van der Waals surface area (Å²) in [6.45, 7) is 0.323. The van der Waals surface area contributed by atoms with Gasteiger partial charge in [0, 0.05) is 24.3 Å². The van der Waals surface area contributed by atoms with E-state index in [4.69, 9.17) is 11.6 Å². The summed E-state index contributed by atoms with van der Waals surface area (Å²) in [5.74, 6) is -0.963. The first kappa shape index (κ1) is 19.0. The molecule has 1 saturated heterocycles. The zero-order valence-electron chi connectivity index (χ0n) is 14.8. The number of methoxy groups -OCH3 is 1. The van der Waals surface area contributed by atoms with Crippen molar-refractivity contribution in [1.82, 2.24) is 15.2 Å². The Balaban J connectivity index is 1.74. The first-order valence-electron chi connectivity index (χ1n) is 8.46. The van der Waals surface area contributed by atoms with E-state index in [-0.39, 0.29) is 31.4 Å². The van der Waals surface area contributed by atoms with Crippen molar-refractivity contribution in [1.29, 1.82) is 0 Å². The van der Waals surface area contributed by atoms with Gasteiger partial charge in [0.05, 0.1) is 12.5 Å². The number of amides is 2. The Morgan fingerprint density at radius 2 is 1.93 bits per heavy atom. The standard InChI is InChI=1S/C19H20ClN3O4/c1-27-16(24)10-22-18(26)19(9-13-4-6-14(20)7-5-13)11-23(12-19)17(25)15-3-2-8-21-15/h2-8,21H,9-12H2,1H3,(H,22,26). The van der Waals surface area contributed by atoms with E-state index in [1.165, 1.54) is 7.11 Å². The van der Waals surface area contributed by atoms with Crippen LogP contribution in [0.25, 0.3) is 0 Å². The number of nitrogens with one attached hydrogen (secondary N) is 2. The quantitative estimate of drug-likeness (QED) is 0.735. The molecule has 1 aliphatic rings. The van der Waals surface area contributed by atoms with Crippen LogP contribution in [0.4, 0.5) is 0 Å². The molecule has 8 heteroatoms. The second-order valence-corrected chi connectivity index (χ2v) is 7.02. The lowest BCUT2D eigenvalue weighted by atomic mass is 9.73. The van der Waals surface area contributed by atoms with Gasteiger partial charge >= 0.3 is 5.97 Å². The van der Waals surface area contributed by atoms with E-state index in [0.29, 0.717) is 17.1 Å². The third-order valence-electron chi connectivity index (χ3n) is 4.66. The SMILES string of the molecule is COC(=O)CNC(=O)C1(Cc2ccc(Cl)cc2)CN(C(=O)c2ccc[nH]2)C1. The van der Waals surface area contributed by atoms with Crippen LogP contribution in [0.5, 0.6) is 0 Å². The molecule has 2 heterocycles. The molecule has 1 fully saturated rings. The van der Waals surface area contributed by atoms with Gasteiger partial charge in [-0.3, -0.25) is 14.4 Å². The molecule has 0 spiro atoms. The largest absolute Gasteiger partial charge is 0.468 e. The van der Waals surface area contributed by atoms with E-state index in [2.05, 4.69) is 15.0 Å². The zero-order chi connectivity index (χ0) is 19.4. The summed E-state index contributed by atoms with van der Waals surface area (Å²) in [4.78, 5) is 41.1. The molecule has 2 N–H and O–H groups in total. The molecule has 0 saturated carbocycles. The average molecular weight is 390 g/mol. The van der Waals surface area contributed by atoms with E-state index in [1.54, 1.807) is 35.4 Å². The highest BCUT2D eigenvalue weighted by Gasteiger charge is 2.51. The van der Waals surface area contributed by atoms with Gasteiger partial charge < -0.3 is 19.9 Å². The van der Waals surface area contributed by atoms with Gasteiger partial charge in [0.15, 0.2) is 0 Å². The topological polar surface area (TPSA) is 91.5 Å². The van der Waals surface area contributed by atoms with Crippen LogP contribution in [-0.4, -0.2) is 54.4 Å². The number of carbonyl (C=O) groups excluding carboxylic acids is 3. The molecule has 2 aromatic rings. The Kier molecular flexibility index (Phi) is 5.51. The summed E-state index contributed by atoms with van der Waals surface area (Å²) >= 11 is 5.93. The summed E-state index contributed by atoms with van der Waals surface area (Å²) in [5.41, 5.74) is 0.606. The molecule has 1 aromatic heterocycles. The number of esters is 1. The molecular weight excluding hydrogens is 370 g/mol. The van der Waals surface area contributed by atoms with Gasteiger partial charge in [-0.2, -0.15) is 0 Å². The molecule has 0 radical (unpaired) electrons. The van der Waals surface area contributed by atoms with E-state index in [9.17, 15) is 14.4 Å². The molecule has 0 unspecified atom stereocenters. The number of hydrogen-bond donors (Lipinski definition) is 2. The van der Waals surface area contributed by atoms with Crippen LogP contribution < -0.4 is 5.32 Å². The Morgan fingerprint density at radius 1 is 1.22 bits per heavy atom. The van der Waals surface area contributed by atoms with Gasteiger partial charge in [-0.1, -0.05) is 23.7 Å². The number of rotatable bonds is 6. The Hall–Kier alpha value is -2.80. The highest BCUT2D eigenvalue weighted by molar-refractivity contribution is 6.30. The highest BCUT2D eigenvalue weighted by atomic mass is 35.5. The molecule has 3 rings (SSSR count). The fraction of sp³-hybridized carbons (Fsp3) is 0.316. The molecule has 1 aliphatic heterocycles. The number of hydrogen-bond acceptors (Lipinski definition) is 4. The van der Waals surface area contributed by atoms with Gasteiger partial charge in [0.2, 0.25) is 5.91 Å². The van der Waals surface area contributed by atoms with Crippen LogP contribution in [0.1, 0.15) is 16.1 Å². The van der Waals surface area contributed by atoms with Crippen LogP contribution in [-0.2, 0) is 20.7 Å². The van der Waals surface area contributed by atoms with E-state index < -0.39 is 11.4 Å². The number of H-pyrrole nitrogens is 1. The molecule has 1 aromatic carbocycles. The summed E-state index contributed by atoms with van der Waals surface area (Å²) < 4.78 is 4.57. The van der Waals surface area contributed by atoms with Crippen molar-refractivity contribution >= 4 is 29.4 Å². The predicted octanol–water partition coefficient (Wildman–Crippen LogP) is 1.64. The maximum Gasteiger partial charge on any atom is 0.325 e. The fourth-order valence-corrected chi connectivity index (χ4v) is 3.33. The van der Waals surface area contributed by atoms with Gasteiger partial charge in [-0.15, -0.1) is 0 Å². The third kappa shape index (κ3) is 4.14. The van der Waals surface area contributed by atoms with Crippen molar-refractivity contribution < 1.29 is 19.1 Å². The van der Waals surface area contributed by atoms with E-state index >= 15 is 0 Å². The van der Waals surface area contributed by atoms with Crippen LogP contribution in [0.2, 0.25) is 5.02 Å². The molecular formula is C19H20ClN3O4. The number of nitrogens with zero attached hydrogens (tertiary/aromatic N) is 1. The lowest BCUT2D eigenvalue weighted by Gasteiger charge is -2.48. The lowest BCUT2D eigenvalue weighted by molar-refractivity contribution is -0.145. The number of aromatic nitrogens is 1. The predicted molar refractivity (Wildman–Crippen MR) is 99.3 cm³/mol. The van der Waals surface area contributed by atoms with Crippen molar-refractivity contribution in [2.24, 2.45) is 5.41 Å². The number of aromatic amines is 1. The van der Waals surface area contributed by atoms with Crippen molar-refractivity contribution in [3.63, 3.8) is 0 Å². The van der Waals surface area contributed by atoms with Gasteiger partial charge in [0.1, 0.15) is 12.2 Å². The lowest BCUT2D eigenvalue weighted by Crippen LogP contribution is -2.66. The minimum atomic E-state index is -0.801. The Morgan fingerprint density at radius 3 is 2.52 bits per heavy atom. The van der Waals surface area contributed by atoms with Crippen molar-refractivity contribution in [2.75, 3.05) is 26.7 Å². The third-order valence-corrected chi connectivity index (χ3v) is 4.91. The molecule has 0 atom stereocenters. The first-order valence-corrected chi connectivity index (χ1v) is 8.83.